The molecule has 0 radical (unpaired) electrons. The van der Waals surface area contributed by atoms with E-state index in [1.165, 1.54) is 6.08 Å². The van der Waals surface area contributed by atoms with Crippen LogP contribution < -0.4 is 0 Å². The van der Waals surface area contributed by atoms with E-state index in [0.29, 0.717) is 24.8 Å². The second kappa shape index (κ2) is 12.9. The van der Waals surface area contributed by atoms with E-state index in [1.54, 1.807) is 6.92 Å². The number of ether oxygens (including phenoxy) is 1. The molecule has 1 heterocycles. The molecule has 3 fully saturated rings. The van der Waals surface area contributed by atoms with Crippen LogP contribution in [0.2, 0.25) is 0 Å². The van der Waals surface area contributed by atoms with Crippen molar-refractivity contribution >= 4 is 37.2 Å². The van der Waals surface area contributed by atoms with E-state index in [1.807, 2.05) is 13.0 Å². The van der Waals surface area contributed by atoms with E-state index in [-0.39, 0.29) is 29.6 Å². The van der Waals surface area contributed by atoms with Gasteiger partial charge in [0.05, 0.1) is 12.2 Å². The van der Waals surface area contributed by atoms with Crippen molar-refractivity contribution in [3.8, 4) is 0 Å². The zero-order valence-electron chi connectivity index (χ0n) is 27.8. The van der Waals surface area contributed by atoms with Crippen LogP contribution in [0.4, 0.5) is 0 Å². The first kappa shape index (κ1) is 38.7. The van der Waals surface area contributed by atoms with Crippen molar-refractivity contribution in [2.45, 2.75) is 110 Å². The van der Waals surface area contributed by atoms with Gasteiger partial charge in [-0.2, -0.15) is 25.3 Å². The monoisotopic (exact) mass is 758 g/mol. The van der Waals surface area contributed by atoms with Gasteiger partial charge in [-0.1, -0.05) is 46.3 Å². The molecule has 19 heteroatoms. The Labute approximate surface area is 287 Å². The van der Waals surface area contributed by atoms with Crippen molar-refractivity contribution in [3.63, 3.8) is 0 Å². The Morgan fingerprint density at radius 1 is 0.898 bits per heavy atom. The first-order valence-corrected chi connectivity index (χ1v) is 20.4. The maximum atomic E-state index is 12.2. The molecule has 5 rings (SSSR count). The van der Waals surface area contributed by atoms with Gasteiger partial charge in [0, 0.05) is 11.5 Å². The second-order valence-corrected chi connectivity index (χ2v) is 18.4. The summed E-state index contributed by atoms with van der Waals surface area (Å²) in [6, 6.07) is 0. The predicted molar refractivity (Wildman–Crippen MR) is 169 cm³/mol. The molecular weight excluding hydrogens is 713 g/mol. The molecule has 49 heavy (non-hydrogen) atoms. The highest BCUT2D eigenvalue weighted by molar-refractivity contribution is 7.81. The van der Waals surface area contributed by atoms with Gasteiger partial charge >= 0.3 is 37.2 Å². The normalized spacial score (nSPS) is 42.3. The van der Waals surface area contributed by atoms with Gasteiger partial charge in [-0.15, -0.1) is 0 Å². The van der Waals surface area contributed by atoms with E-state index in [0.717, 1.165) is 18.4 Å². The number of rotatable bonds is 11. The molecule has 0 aromatic carbocycles. The predicted octanol–water partition coefficient (Wildman–Crippen LogP) is 2.56. The minimum absolute atomic E-state index is 0.0197. The fourth-order valence-electron chi connectivity index (χ4n) is 10.4. The van der Waals surface area contributed by atoms with Gasteiger partial charge in [0.2, 0.25) is 6.29 Å². The van der Waals surface area contributed by atoms with Gasteiger partial charge in [0.25, 0.3) is 0 Å². The molecule has 16 nitrogen and oxygen atoms in total. The minimum Gasteiger partial charge on any atom is -0.429 e. The number of carbonyl (C=O) groups excluding carboxylic acids is 1. The summed E-state index contributed by atoms with van der Waals surface area (Å²) in [4.78, 5) is 12.1. The third-order valence-corrected chi connectivity index (χ3v) is 14.2. The number of allylic oxidation sites excluding steroid dienone is 2. The van der Waals surface area contributed by atoms with Crippen molar-refractivity contribution < 1.29 is 71.2 Å². The van der Waals surface area contributed by atoms with Crippen LogP contribution in [0.5, 0.6) is 0 Å². The smallest absolute Gasteiger partial charge is 0.397 e. The molecule has 0 aromatic heterocycles. The van der Waals surface area contributed by atoms with E-state index in [4.69, 9.17) is 13.1 Å². The van der Waals surface area contributed by atoms with Gasteiger partial charge in [0.15, 0.2) is 0 Å². The Bertz CT molecular complexity index is 1720. The molecule has 0 unspecified atom stereocenters. The van der Waals surface area contributed by atoms with Crippen molar-refractivity contribution in [2.24, 2.45) is 45.8 Å². The highest BCUT2D eigenvalue weighted by Gasteiger charge is 2.68. The van der Waals surface area contributed by atoms with E-state index in [9.17, 15) is 53.9 Å². The second-order valence-electron chi connectivity index (χ2n) is 15.3. The number of aliphatic hydroxyl groups is 2. The fourth-order valence-corrected chi connectivity index (χ4v) is 11.9. The molecule has 0 amide bonds. The number of fused-ring (bicyclic) bond motifs is 5. The Morgan fingerprint density at radius 3 is 2.04 bits per heavy atom. The Hall–Kier alpha value is -1.52. The zero-order chi connectivity index (χ0) is 36.7. The Kier molecular flexibility index (Phi) is 10.2. The lowest BCUT2D eigenvalue weighted by molar-refractivity contribution is -0.179. The molecule has 13 atom stereocenters. The quantitative estimate of drug-likeness (QED) is 0.115. The van der Waals surface area contributed by atoms with E-state index >= 15 is 0 Å². The summed E-state index contributed by atoms with van der Waals surface area (Å²) in [6.07, 6.45) is -2.13. The molecule has 3 saturated carbocycles. The first-order chi connectivity index (χ1) is 22.3. The summed E-state index contributed by atoms with van der Waals surface area (Å²) in [7, 11) is -15.7. The van der Waals surface area contributed by atoms with Crippen LogP contribution in [0.1, 0.15) is 79.6 Å². The fraction of sp³-hybridized carbons (Fsp3) is 0.833. The molecule has 0 aromatic rings. The van der Waals surface area contributed by atoms with Gasteiger partial charge < -0.3 is 14.9 Å². The summed E-state index contributed by atoms with van der Waals surface area (Å²) >= 11 is 0. The van der Waals surface area contributed by atoms with E-state index in [2.05, 4.69) is 25.0 Å². The van der Waals surface area contributed by atoms with Crippen molar-refractivity contribution in [2.75, 3.05) is 0 Å². The molecule has 0 bridgehead atoms. The third-order valence-electron chi connectivity index (χ3n) is 12.7. The Balaban J connectivity index is 1.50. The molecule has 1 aliphatic heterocycles. The highest BCUT2D eigenvalue weighted by Crippen LogP contribution is 2.72. The zero-order valence-corrected chi connectivity index (χ0v) is 30.3. The summed E-state index contributed by atoms with van der Waals surface area (Å²) in [5.74, 6) is -2.01. The summed E-state index contributed by atoms with van der Waals surface area (Å²) in [5.41, 5.74) is -0.981. The molecule has 0 saturated heterocycles. The van der Waals surface area contributed by atoms with Crippen molar-refractivity contribution in [3.05, 3.63) is 23.3 Å². The number of esters is 1. The topological polar surface area (TPSA) is 258 Å². The van der Waals surface area contributed by atoms with Crippen LogP contribution >= 0.6 is 0 Å². The summed E-state index contributed by atoms with van der Waals surface area (Å²) in [5, 5.41) is 21.2. The molecule has 5 aliphatic rings. The highest BCUT2D eigenvalue weighted by atomic mass is 32.3. The van der Waals surface area contributed by atoms with Crippen LogP contribution in [0.3, 0.4) is 0 Å². The number of carbonyl (C=O) groups is 1. The molecule has 0 spiro atoms. The molecule has 280 valence electrons. The number of hydrogen-bond acceptors (Lipinski definition) is 13. The van der Waals surface area contributed by atoms with E-state index < -0.39 is 97.0 Å². The summed E-state index contributed by atoms with van der Waals surface area (Å²) in [6.45, 7) is 9.96. The van der Waals surface area contributed by atoms with Crippen LogP contribution in [0.15, 0.2) is 23.3 Å². The molecule has 5 N–H and O–H groups in total. The number of hydrogen-bond donors (Lipinski definition) is 5. The average Bonchev–Trinajstić information content (AvgIpc) is 3.41. The van der Waals surface area contributed by atoms with Crippen LogP contribution in [-0.2, 0) is 53.3 Å². The standard InChI is InChI=1S/C30H46O16S3/c1-15(17-12-23(31)43-27(17)33)6-7-16(2)18-8-10-30(5)20-13-21(44-47(34,35)36)24-25(32)26(46-49(40,41)42)22(45-48(37,38)39)14-28(24,3)19(20)9-11-29(18,30)4/h9,12,15-16,18,20-26,31-32H,6-8,10-11,13-14H2,1-5H3,(H,34,35,36)(H,37,38,39)(H,40,41,42)/t15-,16-,18-,20-,21+,22+,23+,24+,25-,26-,28-,29-,30+/m1/s1. The number of aliphatic hydroxyl groups excluding tert-OH is 2. The van der Waals surface area contributed by atoms with Crippen LogP contribution in [0.25, 0.3) is 0 Å². The van der Waals surface area contributed by atoms with Crippen LogP contribution in [-0.4, -0.2) is 85.8 Å². The Morgan fingerprint density at radius 2 is 1.49 bits per heavy atom. The lowest BCUT2D eigenvalue weighted by Gasteiger charge is -2.63. The van der Waals surface area contributed by atoms with Crippen molar-refractivity contribution in [1.82, 2.24) is 0 Å². The maximum Gasteiger partial charge on any atom is 0.397 e. The lowest BCUT2D eigenvalue weighted by atomic mass is 9.43. The van der Waals surface area contributed by atoms with Gasteiger partial charge in [-0.25, -0.2) is 17.3 Å². The van der Waals surface area contributed by atoms with Gasteiger partial charge in [-0.3, -0.25) is 13.7 Å². The molecular formula is C30H46O16S3. The lowest BCUT2D eigenvalue weighted by Crippen LogP contribution is -2.65. The SMILES string of the molecule is C[C@H](CC[C@@H](C)[C@H]1CC[C@@]2(C)[C@@H]3C[C@H](OS(=O)(=O)O)[C@H]4[C@@H](O)[C@H](OS(=O)(=O)O)[C@@H](OS(=O)(=O)O)C[C@]4(C)C3=CC[C@]12C)C1=C[C@@H](O)OC1=O. The van der Waals surface area contributed by atoms with Gasteiger partial charge in [0.1, 0.15) is 12.2 Å². The third kappa shape index (κ3) is 7.27. The summed E-state index contributed by atoms with van der Waals surface area (Å²) < 4.78 is 120. The average molecular weight is 759 g/mol. The minimum atomic E-state index is -5.32. The van der Waals surface area contributed by atoms with Crippen molar-refractivity contribution in [1.29, 1.82) is 0 Å². The first-order valence-electron chi connectivity index (χ1n) is 16.3. The molecule has 4 aliphatic carbocycles. The van der Waals surface area contributed by atoms with Crippen LogP contribution in [0, 0.1) is 45.8 Å². The largest absolute Gasteiger partial charge is 0.429 e. The number of cyclic esters (lactones) is 1. The van der Waals surface area contributed by atoms with Gasteiger partial charge in [-0.05, 0) is 90.9 Å². The maximum absolute atomic E-state index is 12.2.